The largest absolute Gasteiger partial charge is 0.381 e. The van der Waals surface area contributed by atoms with Gasteiger partial charge in [0.05, 0.1) is 6.61 Å². The van der Waals surface area contributed by atoms with Gasteiger partial charge in [-0.2, -0.15) is 0 Å². The molecule has 0 unspecified atom stereocenters. The SMILES string of the molecule is CCCCCCCCCCCCCCCCOCCCOP(=O)(Cl)Cl. The van der Waals surface area contributed by atoms with Crippen LogP contribution in [0.15, 0.2) is 0 Å². The molecule has 0 aromatic carbocycles. The zero-order chi connectivity index (χ0) is 18.6. The van der Waals surface area contributed by atoms with Gasteiger partial charge >= 0.3 is 6.07 Å². The quantitative estimate of drug-likeness (QED) is 0.147. The van der Waals surface area contributed by atoms with E-state index in [1.807, 2.05) is 0 Å². The molecule has 0 spiro atoms. The second-order valence-electron chi connectivity index (χ2n) is 6.81. The fourth-order valence-electron chi connectivity index (χ4n) is 2.83. The average Bonchev–Trinajstić information content (AvgIpc) is 2.56. The van der Waals surface area contributed by atoms with Crippen LogP contribution >= 0.6 is 28.6 Å². The fourth-order valence-corrected chi connectivity index (χ4v) is 3.59. The summed E-state index contributed by atoms with van der Waals surface area (Å²) in [6, 6.07) is 0. The topological polar surface area (TPSA) is 35.5 Å². The number of hydrogen-bond acceptors (Lipinski definition) is 3. The van der Waals surface area contributed by atoms with Crippen LogP contribution in [0.1, 0.15) is 103 Å². The van der Waals surface area contributed by atoms with Gasteiger partial charge in [-0.05, 0) is 35.3 Å². The zero-order valence-electron chi connectivity index (χ0n) is 16.2. The minimum absolute atomic E-state index is 0.281. The molecule has 0 aromatic heterocycles. The van der Waals surface area contributed by atoms with Crippen molar-refractivity contribution in [3.8, 4) is 0 Å². The molecular formula is C19H39Cl2O3P. The molecule has 0 aliphatic heterocycles. The molecule has 0 rings (SSSR count). The van der Waals surface area contributed by atoms with Gasteiger partial charge in [-0.15, -0.1) is 0 Å². The van der Waals surface area contributed by atoms with Crippen molar-refractivity contribution in [1.82, 2.24) is 0 Å². The van der Waals surface area contributed by atoms with Crippen LogP contribution in [0.25, 0.3) is 0 Å². The third kappa shape index (κ3) is 24.7. The third-order valence-corrected chi connectivity index (χ3v) is 5.39. The Morgan fingerprint density at radius 2 is 1.00 bits per heavy atom. The van der Waals surface area contributed by atoms with E-state index < -0.39 is 6.07 Å². The first kappa shape index (κ1) is 25.7. The minimum Gasteiger partial charge on any atom is -0.381 e. The van der Waals surface area contributed by atoms with Crippen LogP contribution < -0.4 is 0 Å². The Morgan fingerprint density at radius 3 is 1.44 bits per heavy atom. The molecule has 3 nitrogen and oxygen atoms in total. The molecule has 0 aliphatic rings. The second-order valence-corrected chi connectivity index (χ2v) is 11.1. The molecule has 0 bridgehead atoms. The lowest BCUT2D eigenvalue weighted by molar-refractivity contribution is 0.117. The van der Waals surface area contributed by atoms with Crippen molar-refractivity contribution >= 4 is 28.6 Å². The Kier molecular flexibility index (Phi) is 20.1. The van der Waals surface area contributed by atoms with Gasteiger partial charge in [-0.1, -0.05) is 90.4 Å². The Balaban J connectivity index is 3.02. The molecule has 0 atom stereocenters. The molecule has 0 N–H and O–H groups in total. The molecular weight excluding hydrogens is 378 g/mol. The second kappa shape index (κ2) is 19.5. The van der Waals surface area contributed by atoms with Gasteiger partial charge in [-0.25, -0.2) is 0 Å². The lowest BCUT2D eigenvalue weighted by Gasteiger charge is -2.06. The average molecular weight is 417 g/mol. The van der Waals surface area contributed by atoms with Gasteiger partial charge in [0.15, 0.2) is 0 Å². The van der Waals surface area contributed by atoms with E-state index in [0.29, 0.717) is 13.0 Å². The van der Waals surface area contributed by atoms with E-state index in [2.05, 4.69) is 6.92 Å². The van der Waals surface area contributed by atoms with E-state index >= 15 is 0 Å². The molecule has 0 amide bonds. The van der Waals surface area contributed by atoms with Gasteiger partial charge in [0.25, 0.3) is 0 Å². The van der Waals surface area contributed by atoms with Gasteiger partial charge in [-0.3, -0.25) is 4.57 Å². The fraction of sp³-hybridized carbons (Fsp3) is 1.00. The smallest absolute Gasteiger partial charge is 0.380 e. The van der Waals surface area contributed by atoms with E-state index in [9.17, 15) is 4.57 Å². The van der Waals surface area contributed by atoms with Crippen LogP contribution in [0, 0.1) is 0 Å². The summed E-state index contributed by atoms with van der Waals surface area (Å²) >= 11 is 10.5. The van der Waals surface area contributed by atoms with Crippen molar-refractivity contribution in [1.29, 1.82) is 0 Å². The van der Waals surface area contributed by atoms with Gasteiger partial charge < -0.3 is 9.26 Å². The predicted octanol–water partition coefficient (Wildman–Crippen LogP) is 8.48. The first-order valence-electron chi connectivity index (χ1n) is 10.3. The third-order valence-electron chi connectivity index (χ3n) is 4.32. The van der Waals surface area contributed by atoms with Crippen molar-refractivity contribution in [3.63, 3.8) is 0 Å². The maximum absolute atomic E-state index is 10.9. The summed E-state index contributed by atoms with van der Waals surface area (Å²) in [5.74, 6) is 0. The van der Waals surface area contributed by atoms with Crippen molar-refractivity contribution in [3.05, 3.63) is 0 Å². The van der Waals surface area contributed by atoms with E-state index in [1.54, 1.807) is 0 Å². The van der Waals surface area contributed by atoms with E-state index in [0.717, 1.165) is 13.0 Å². The van der Waals surface area contributed by atoms with Crippen molar-refractivity contribution < 1.29 is 13.8 Å². The highest BCUT2D eigenvalue weighted by atomic mass is 35.9. The highest BCUT2D eigenvalue weighted by Crippen LogP contribution is 2.57. The molecule has 25 heavy (non-hydrogen) atoms. The number of unbranched alkanes of at least 4 members (excludes halogenated alkanes) is 13. The summed E-state index contributed by atoms with van der Waals surface area (Å²) in [5.41, 5.74) is 0. The molecule has 6 heteroatoms. The van der Waals surface area contributed by atoms with Gasteiger partial charge in [0, 0.05) is 13.2 Å². The maximum atomic E-state index is 10.9. The highest BCUT2D eigenvalue weighted by Gasteiger charge is 2.12. The Bertz CT molecular complexity index is 311. The summed E-state index contributed by atoms with van der Waals surface area (Å²) in [7, 11) is 0. The van der Waals surface area contributed by atoms with Crippen molar-refractivity contribution in [2.45, 2.75) is 103 Å². The molecule has 0 saturated carbocycles. The van der Waals surface area contributed by atoms with Crippen molar-refractivity contribution in [2.75, 3.05) is 19.8 Å². The first-order valence-corrected chi connectivity index (χ1v) is 13.7. The Hall–Kier alpha value is 0.730. The molecule has 0 fully saturated rings. The minimum atomic E-state index is -3.37. The highest BCUT2D eigenvalue weighted by molar-refractivity contribution is 8.05. The maximum Gasteiger partial charge on any atom is 0.380 e. The molecule has 0 heterocycles. The summed E-state index contributed by atoms with van der Waals surface area (Å²) in [6.45, 7) is 3.95. The summed E-state index contributed by atoms with van der Waals surface area (Å²) in [6.07, 6.45) is 16.4. The summed E-state index contributed by atoms with van der Waals surface area (Å²) < 4.78 is 21.1. The standard InChI is InChI=1S/C19H39Cl2O3P/c1-2-3-4-5-6-7-8-9-10-11-12-13-14-15-17-23-18-16-19-24-25(20,21)22/h2-19H2,1H3. The molecule has 0 saturated heterocycles. The Labute approximate surface area is 165 Å². The van der Waals surface area contributed by atoms with E-state index in [1.165, 1.54) is 83.5 Å². The summed E-state index contributed by atoms with van der Waals surface area (Å²) in [4.78, 5) is 0. The number of hydrogen-bond donors (Lipinski definition) is 0. The van der Waals surface area contributed by atoms with Crippen molar-refractivity contribution in [2.24, 2.45) is 0 Å². The van der Waals surface area contributed by atoms with Crippen LogP contribution in [0.5, 0.6) is 0 Å². The lowest BCUT2D eigenvalue weighted by atomic mass is 10.0. The van der Waals surface area contributed by atoms with Crippen LogP contribution in [-0.4, -0.2) is 19.8 Å². The van der Waals surface area contributed by atoms with E-state index in [4.69, 9.17) is 31.7 Å². The summed E-state index contributed by atoms with van der Waals surface area (Å²) in [5, 5.41) is 0. The molecule has 0 aliphatic carbocycles. The first-order chi connectivity index (χ1) is 12.1. The van der Waals surface area contributed by atoms with E-state index in [-0.39, 0.29) is 6.61 Å². The monoisotopic (exact) mass is 416 g/mol. The van der Waals surface area contributed by atoms with Gasteiger partial charge in [0.1, 0.15) is 0 Å². The van der Waals surface area contributed by atoms with Crippen LogP contribution in [0.2, 0.25) is 0 Å². The van der Waals surface area contributed by atoms with Crippen LogP contribution in [0.3, 0.4) is 0 Å². The number of rotatable bonds is 20. The Morgan fingerprint density at radius 1 is 0.600 bits per heavy atom. The zero-order valence-corrected chi connectivity index (χ0v) is 18.6. The number of halogens is 2. The lowest BCUT2D eigenvalue weighted by Crippen LogP contribution is -2.00. The van der Waals surface area contributed by atoms with Crippen LogP contribution in [0.4, 0.5) is 0 Å². The molecule has 0 radical (unpaired) electrons. The predicted molar refractivity (Wildman–Crippen MR) is 111 cm³/mol. The van der Waals surface area contributed by atoms with Crippen LogP contribution in [-0.2, 0) is 13.8 Å². The molecule has 152 valence electrons. The number of ether oxygens (including phenoxy) is 1. The molecule has 0 aromatic rings. The normalized spacial score (nSPS) is 12.0. The van der Waals surface area contributed by atoms with Gasteiger partial charge in [0.2, 0.25) is 0 Å².